The van der Waals surface area contributed by atoms with Crippen LogP contribution in [0.15, 0.2) is 0 Å². The first-order valence-electron chi connectivity index (χ1n) is 5.05. The molecule has 0 heterocycles. The summed E-state index contributed by atoms with van der Waals surface area (Å²) in [6, 6.07) is 0. The zero-order valence-corrected chi connectivity index (χ0v) is 8.82. The zero-order chi connectivity index (χ0) is 10.8. The van der Waals surface area contributed by atoms with E-state index in [-0.39, 0.29) is 6.10 Å². The number of carbonyl (C=O) groups is 1. The Balaban J connectivity index is 2.38. The van der Waals surface area contributed by atoms with Gasteiger partial charge in [0.1, 0.15) is 5.60 Å². The zero-order valence-electron chi connectivity index (χ0n) is 8.82. The van der Waals surface area contributed by atoms with Gasteiger partial charge in [0.25, 0.3) is 0 Å². The molecule has 1 saturated carbocycles. The monoisotopic (exact) mass is 201 g/mol. The summed E-state index contributed by atoms with van der Waals surface area (Å²) in [5.74, 6) is 0.444. The number of amides is 1. The Hall–Kier alpha value is -0.770. The van der Waals surface area contributed by atoms with Crippen LogP contribution in [0.3, 0.4) is 0 Å². The summed E-state index contributed by atoms with van der Waals surface area (Å²) < 4.78 is 4.99. The van der Waals surface area contributed by atoms with Crippen molar-refractivity contribution in [1.82, 2.24) is 0 Å². The molecule has 0 radical (unpaired) electrons. The molecule has 1 fully saturated rings. The molecule has 1 aliphatic carbocycles. The number of ether oxygens (including phenoxy) is 1. The molecule has 0 unspecified atom stereocenters. The first kappa shape index (κ1) is 11.3. The molecule has 82 valence electrons. The maximum atomic E-state index is 10.6. The van der Waals surface area contributed by atoms with Crippen LogP contribution in [0.25, 0.3) is 0 Å². The van der Waals surface area contributed by atoms with Crippen molar-refractivity contribution >= 4 is 6.09 Å². The van der Waals surface area contributed by atoms with Crippen LogP contribution in [0.5, 0.6) is 0 Å². The van der Waals surface area contributed by atoms with E-state index in [2.05, 4.69) is 0 Å². The van der Waals surface area contributed by atoms with E-state index in [0.29, 0.717) is 5.92 Å². The van der Waals surface area contributed by atoms with Crippen LogP contribution in [0.1, 0.15) is 39.5 Å². The Morgan fingerprint density at radius 2 is 2.21 bits per heavy atom. The van der Waals surface area contributed by atoms with Crippen LogP contribution < -0.4 is 5.73 Å². The third-order valence-electron chi connectivity index (χ3n) is 2.67. The van der Waals surface area contributed by atoms with E-state index in [9.17, 15) is 9.90 Å². The molecule has 4 nitrogen and oxygen atoms in total. The quantitative estimate of drug-likeness (QED) is 0.725. The van der Waals surface area contributed by atoms with Crippen molar-refractivity contribution in [2.24, 2.45) is 11.7 Å². The van der Waals surface area contributed by atoms with Crippen LogP contribution in [-0.2, 0) is 4.74 Å². The molecule has 0 aromatic rings. The number of hydrogen-bond donors (Lipinski definition) is 2. The molecule has 1 rings (SSSR count). The molecule has 1 amide bonds. The van der Waals surface area contributed by atoms with Crippen molar-refractivity contribution in [3.8, 4) is 0 Å². The molecule has 1 aliphatic rings. The molecule has 0 aromatic heterocycles. The van der Waals surface area contributed by atoms with Crippen molar-refractivity contribution in [2.45, 2.75) is 51.2 Å². The average Bonchev–Trinajstić information content (AvgIpc) is 2.30. The van der Waals surface area contributed by atoms with Crippen molar-refractivity contribution in [2.75, 3.05) is 0 Å². The molecule has 0 saturated heterocycles. The van der Waals surface area contributed by atoms with Crippen LogP contribution in [0.4, 0.5) is 4.79 Å². The minimum atomic E-state index is -0.728. The van der Waals surface area contributed by atoms with Gasteiger partial charge in [-0.05, 0) is 45.4 Å². The molecule has 0 aliphatic heterocycles. The van der Waals surface area contributed by atoms with E-state index in [0.717, 1.165) is 25.7 Å². The second kappa shape index (κ2) is 4.17. The highest BCUT2D eigenvalue weighted by molar-refractivity contribution is 5.65. The summed E-state index contributed by atoms with van der Waals surface area (Å²) in [6.45, 7) is 3.70. The summed E-state index contributed by atoms with van der Waals surface area (Å²) in [5, 5.41) is 9.35. The smallest absolute Gasteiger partial charge is 0.405 e. The lowest BCUT2D eigenvalue weighted by Crippen LogP contribution is -2.32. The van der Waals surface area contributed by atoms with E-state index in [4.69, 9.17) is 10.5 Å². The predicted molar refractivity (Wildman–Crippen MR) is 52.7 cm³/mol. The minimum Gasteiger partial charge on any atom is -0.444 e. The van der Waals surface area contributed by atoms with E-state index in [1.165, 1.54) is 0 Å². The molecule has 3 N–H and O–H groups in total. The standard InChI is InChI=1S/C10H19NO3/c1-10(2,14-9(11)13)6-7-3-4-8(12)5-7/h7-8,12H,3-6H2,1-2H3,(H2,11,13)/t7-,8-/m0/s1. The van der Waals surface area contributed by atoms with Crippen molar-refractivity contribution < 1.29 is 14.6 Å². The summed E-state index contributed by atoms with van der Waals surface area (Å²) >= 11 is 0. The highest BCUT2D eigenvalue weighted by Gasteiger charge is 2.31. The summed E-state index contributed by atoms with van der Waals surface area (Å²) in [4.78, 5) is 10.6. The van der Waals surface area contributed by atoms with Gasteiger partial charge in [-0.2, -0.15) is 0 Å². The van der Waals surface area contributed by atoms with Gasteiger partial charge in [-0.25, -0.2) is 4.79 Å². The largest absolute Gasteiger partial charge is 0.444 e. The number of nitrogens with two attached hydrogens (primary N) is 1. The highest BCUT2D eigenvalue weighted by atomic mass is 16.6. The van der Waals surface area contributed by atoms with E-state index in [1.54, 1.807) is 0 Å². The molecule has 0 aromatic carbocycles. The molecule has 0 bridgehead atoms. The van der Waals surface area contributed by atoms with E-state index < -0.39 is 11.7 Å². The molecular weight excluding hydrogens is 182 g/mol. The Kier molecular flexibility index (Phi) is 3.37. The SMILES string of the molecule is CC(C)(C[C@H]1CC[C@H](O)C1)OC(N)=O. The first-order valence-corrected chi connectivity index (χ1v) is 5.05. The van der Waals surface area contributed by atoms with Gasteiger partial charge in [-0.1, -0.05) is 0 Å². The van der Waals surface area contributed by atoms with Gasteiger partial charge in [-0.15, -0.1) is 0 Å². The Morgan fingerprint density at radius 3 is 2.64 bits per heavy atom. The van der Waals surface area contributed by atoms with Gasteiger partial charge in [0, 0.05) is 0 Å². The minimum absolute atomic E-state index is 0.177. The third-order valence-corrected chi connectivity index (χ3v) is 2.67. The summed E-state index contributed by atoms with van der Waals surface area (Å²) in [5.41, 5.74) is 4.46. The van der Waals surface area contributed by atoms with Gasteiger partial charge in [0.2, 0.25) is 0 Å². The van der Waals surface area contributed by atoms with Gasteiger partial charge in [0.05, 0.1) is 6.10 Å². The molecule has 14 heavy (non-hydrogen) atoms. The van der Waals surface area contributed by atoms with Crippen LogP contribution >= 0.6 is 0 Å². The Morgan fingerprint density at radius 1 is 1.57 bits per heavy atom. The highest BCUT2D eigenvalue weighted by Crippen LogP contribution is 2.33. The van der Waals surface area contributed by atoms with E-state index >= 15 is 0 Å². The van der Waals surface area contributed by atoms with Gasteiger partial charge >= 0.3 is 6.09 Å². The molecule has 4 heteroatoms. The van der Waals surface area contributed by atoms with Crippen LogP contribution in [0.2, 0.25) is 0 Å². The Labute approximate surface area is 84.4 Å². The lowest BCUT2D eigenvalue weighted by atomic mass is 9.92. The fourth-order valence-corrected chi connectivity index (χ4v) is 2.24. The predicted octanol–water partition coefficient (Wildman–Crippen LogP) is 1.41. The number of hydrogen-bond acceptors (Lipinski definition) is 3. The second-order valence-electron chi connectivity index (χ2n) is 4.72. The number of rotatable bonds is 3. The maximum Gasteiger partial charge on any atom is 0.405 e. The fourth-order valence-electron chi connectivity index (χ4n) is 2.24. The Bertz CT molecular complexity index is 215. The normalized spacial score (nSPS) is 27.6. The maximum absolute atomic E-state index is 10.6. The lowest BCUT2D eigenvalue weighted by molar-refractivity contribution is 0.0257. The van der Waals surface area contributed by atoms with E-state index in [1.807, 2.05) is 13.8 Å². The number of carbonyl (C=O) groups excluding carboxylic acids is 1. The van der Waals surface area contributed by atoms with Gasteiger partial charge < -0.3 is 15.6 Å². The summed E-state index contributed by atoms with van der Waals surface area (Å²) in [6.07, 6.45) is 2.54. The number of aliphatic hydroxyl groups is 1. The van der Waals surface area contributed by atoms with Crippen molar-refractivity contribution in [3.05, 3.63) is 0 Å². The van der Waals surface area contributed by atoms with Gasteiger partial charge in [-0.3, -0.25) is 0 Å². The third kappa shape index (κ3) is 3.54. The first-order chi connectivity index (χ1) is 6.39. The van der Waals surface area contributed by atoms with Crippen LogP contribution in [-0.4, -0.2) is 22.9 Å². The lowest BCUT2D eigenvalue weighted by Gasteiger charge is -2.26. The van der Waals surface area contributed by atoms with Crippen LogP contribution in [0, 0.1) is 5.92 Å². The molecular formula is C10H19NO3. The van der Waals surface area contributed by atoms with Gasteiger partial charge in [0.15, 0.2) is 0 Å². The fraction of sp³-hybridized carbons (Fsp3) is 0.900. The topological polar surface area (TPSA) is 72.6 Å². The molecule has 0 spiro atoms. The molecule has 2 atom stereocenters. The summed E-state index contributed by atoms with van der Waals surface area (Å²) in [7, 11) is 0. The van der Waals surface area contributed by atoms with Crippen molar-refractivity contribution in [3.63, 3.8) is 0 Å². The second-order valence-corrected chi connectivity index (χ2v) is 4.72. The van der Waals surface area contributed by atoms with Crippen molar-refractivity contribution in [1.29, 1.82) is 0 Å². The number of aliphatic hydroxyl groups excluding tert-OH is 1. The number of primary amides is 1. The average molecular weight is 201 g/mol.